The number of rotatable bonds is 6. The SMILES string of the molecule is CCCc1nccn1-c1nc(C)cc(C)c1CNC(C)C. The van der Waals surface area contributed by atoms with Crippen LogP contribution in [0.3, 0.4) is 0 Å². The Bertz CT molecular complexity index is 599. The summed E-state index contributed by atoms with van der Waals surface area (Å²) in [7, 11) is 0. The van der Waals surface area contributed by atoms with Crippen molar-refractivity contribution < 1.29 is 0 Å². The molecule has 0 spiro atoms. The fourth-order valence-corrected chi connectivity index (χ4v) is 2.50. The molecule has 21 heavy (non-hydrogen) atoms. The van der Waals surface area contributed by atoms with Crippen molar-refractivity contribution in [1.29, 1.82) is 0 Å². The van der Waals surface area contributed by atoms with Crippen molar-refractivity contribution in [3.05, 3.63) is 41.1 Å². The van der Waals surface area contributed by atoms with Gasteiger partial charge in [-0.25, -0.2) is 9.97 Å². The molecule has 4 nitrogen and oxygen atoms in total. The number of imidazole rings is 1. The Morgan fingerprint density at radius 2 is 2.05 bits per heavy atom. The molecule has 0 atom stereocenters. The van der Waals surface area contributed by atoms with E-state index in [4.69, 9.17) is 4.98 Å². The fourth-order valence-electron chi connectivity index (χ4n) is 2.50. The van der Waals surface area contributed by atoms with Gasteiger partial charge >= 0.3 is 0 Å². The minimum Gasteiger partial charge on any atom is -0.310 e. The zero-order valence-corrected chi connectivity index (χ0v) is 13.8. The van der Waals surface area contributed by atoms with Crippen LogP contribution >= 0.6 is 0 Å². The zero-order chi connectivity index (χ0) is 15.4. The molecule has 0 aliphatic rings. The third kappa shape index (κ3) is 3.70. The minimum absolute atomic E-state index is 0.455. The predicted octanol–water partition coefficient (Wildman–Crippen LogP) is 3.33. The van der Waals surface area contributed by atoms with Gasteiger partial charge in [0.25, 0.3) is 0 Å². The maximum atomic E-state index is 4.78. The summed E-state index contributed by atoms with van der Waals surface area (Å²) < 4.78 is 2.14. The van der Waals surface area contributed by atoms with Crippen molar-refractivity contribution in [3.63, 3.8) is 0 Å². The Morgan fingerprint density at radius 1 is 1.29 bits per heavy atom. The first kappa shape index (κ1) is 15.7. The van der Waals surface area contributed by atoms with Crippen LogP contribution in [0.2, 0.25) is 0 Å². The minimum atomic E-state index is 0.455. The third-order valence-electron chi connectivity index (χ3n) is 3.56. The van der Waals surface area contributed by atoms with Crippen LogP contribution in [0.25, 0.3) is 5.82 Å². The number of aryl methyl sites for hydroxylation is 3. The van der Waals surface area contributed by atoms with Crippen LogP contribution in [-0.2, 0) is 13.0 Å². The number of nitrogens with zero attached hydrogens (tertiary/aromatic N) is 3. The van der Waals surface area contributed by atoms with Crippen molar-refractivity contribution in [3.8, 4) is 5.82 Å². The van der Waals surface area contributed by atoms with Gasteiger partial charge in [-0.1, -0.05) is 20.8 Å². The van der Waals surface area contributed by atoms with Crippen LogP contribution < -0.4 is 5.32 Å². The average Bonchev–Trinajstić information content (AvgIpc) is 2.85. The molecular weight excluding hydrogens is 260 g/mol. The lowest BCUT2D eigenvalue weighted by atomic mass is 10.1. The molecule has 2 heterocycles. The van der Waals surface area contributed by atoms with Gasteiger partial charge in [0, 0.05) is 42.7 Å². The van der Waals surface area contributed by atoms with Crippen molar-refractivity contribution in [2.24, 2.45) is 0 Å². The van der Waals surface area contributed by atoms with Gasteiger partial charge in [0.2, 0.25) is 0 Å². The smallest absolute Gasteiger partial charge is 0.143 e. The van der Waals surface area contributed by atoms with Crippen LogP contribution in [0, 0.1) is 13.8 Å². The van der Waals surface area contributed by atoms with E-state index in [0.717, 1.165) is 36.7 Å². The second kappa shape index (κ2) is 6.85. The molecule has 0 saturated heterocycles. The Balaban J connectivity index is 2.47. The molecule has 0 aromatic carbocycles. The number of pyridine rings is 1. The monoisotopic (exact) mass is 286 g/mol. The van der Waals surface area contributed by atoms with E-state index < -0.39 is 0 Å². The molecule has 114 valence electrons. The van der Waals surface area contributed by atoms with Crippen LogP contribution in [0.5, 0.6) is 0 Å². The van der Waals surface area contributed by atoms with E-state index in [1.807, 2.05) is 19.3 Å². The summed E-state index contributed by atoms with van der Waals surface area (Å²) in [5.41, 5.74) is 3.58. The molecule has 0 unspecified atom stereocenters. The summed E-state index contributed by atoms with van der Waals surface area (Å²) in [5.74, 6) is 2.10. The van der Waals surface area contributed by atoms with Crippen molar-refractivity contribution in [2.45, 2.75) is 60.0 Å². The molecule has 0 aliphatic carbocycles. The first-order valence-corrected chi connectivity index (χ1v) is 7.76. The first-order chi connectivity index (χ1) is 10.0. The lowest BCUT2D eigenvalue weighted by Gasteiger charge is -2.17. The highest BCUT2D eigenvalue weighted by molar-refractivity contribution is 5.42. The lowest BCUT2D eigenvalue weighted by molar-refractivity contribution is 0.584. The Labute approximate surface area is 127 Å². The molecular formula is C17H26N4. The van der Waals surface area contributed by atoms with Crippen molar-refractivity contribution in [1.82, 2.24) is 19.9 Å². The number of hydrogen-bond donors (Lipinski definition) is 1. The lowest BCUT2D eigenvalue weighted by Crippen LogP contribution is -2.24. The highest BCUT2D eigenvalue weighted by atomic mass is 15.1. The summed E-state index contributed by atoms with van der Waals surface area (Å²) in [5, 5.41) is 3.50. The second-order valence-corrected chi connectivity index (χ2v) is 5.88. The standard InChI is InChI=1S/C17H26N4/c1-6-7-16-18-8-9-21(16)17-15(11-19-12(2)3)13(4)10-14(5)20-17/h8-10,12,19H,6-7,11H2,1-5H3. The highest BCUT2D eigenvalue weighted by Crippen LogP contribution is 2.20. The van der Waals surface area contributed by atoms with Gasteiger partial charge in [-0.05, 0) is 31.9 Å². The van der Waals surface area contributed by atoms with E-state index in [2.05, 4.69) is 48.6 Å². The van der Waals surface area contributed by atoms with E-state index >= 15 is 0 Å². The van der Waals surface area contributed by atoms with E-state index in [-0.39, 0.29) is 0 Å². The van der Waals surface area contributed by atoms with Gasteiger partial charge in [0.05, 0.1) is 0 Å². The fraction of sp³-hybridized carbons (Fsp3) is 0.529. The molecule has 1 N–H and O–H groups in total. The quantitative estimate of drug-likeness (QED) is 0.885. The highest BCUT2D eigenvalue weighted by Gasteiger charge is 2.14. The Morgan fingerprint density at radius 3 is 2.71 bits per heavy atom. The van der Waals surface area contributed by atoms with Crippen molar-refractivity contribution >= 4 is 0 Å². The molecule has 2 aromatic heterocycles. The van der Waals surface area contributed by atoms with E-state index in [1.54, 1.807) is 0 Å². The molecule has 2 rings (SSSR count). The Hall–Kier alpha value is -1.68. The summed E-state index contributed by atoms with van der Waals surface area (Å²) >= 11 is 0. The average molecular weight is 286 g/mol. The summed E-state index contributed by atoms with van der Waals surface area (Å²) in [4.78, 5) is 9.26. The molecule has 0 bridgehead atoms. The normalized spacial score (nSPS) is 11.3. The first-order valence-electron chi connectivity index (χ1n) is 7.76. The largest absolute Gasteiger partial charge is 0.310 e. The molecule has 4 heteroatoms. The maximum absolute atomic E-state index is 4.78. The summed E-state index contributed by atoms with van der Waals surface area (Å²) in [6.45, 7) is 11.5. The van der Waals surface area contributed by atoms with Crippen molar-refractivity contribution in [2.75, 3.05) is 0 Å². The van der Waals surface area contributed by atoms with Crippen LogP contribution in [0.15, 0.2) is 18.5 Å². The topological polar surface area (TPSA) is 42.7 Å². The third-order valence-corrected chi connectivity index (χ3v) is 3.56. The number of aromatic nitrogens is 3. The van der Waals surface area contributed by atoms with Gasteiger partial charge < -0.3 is 5.32 Å². The molecule has 2 aromatic rings. The summed E-state index contributed by atoms with van der Waals surface area (Å²) in [6.07, 6.45) is 5.94. The predicted molar refractivity (Wildman–Crippen MR) is 86.8 cm³/mol. The Kier molecular flexibility index (Phi) is 5.12. The zero-order valence-electron chi connectivity index (χ0n) is 13.8. The van der Waals surface area contributed by atoms with E-state index in [1.165, 1.54) is 11.1 Å². The van der Waals surface area contributed by atoms with Gasteiger partial charge in [-0.2, -0.15) is 0 Å². The van der Waals surface area contributed by atoms with Gasteiger partial charge in [0.1, 0.15) is 11.6 Å². The van der Waals surface area contributed by atoms with Gasteiger partial charge in [0.15, 0.2) is 0 Å². The van der Waals surface area contributed by atoms with Crippen LogP contribution in [0.4, 0.5) is 0 Å². The van der Waals surface area contributed by atoms with Gasteiger partial charge in [-0.3, -0.25) is 4.57 Å². The maximum Gasteiger partial charge on any atom is 0.143 e. The van der Waals surface area contributed by atoms with E-state index in [9.17, 15) is 0 Å². The van der Waals surface area contributed by atoms with Gasteiger partial charge in [-0.15, -0.1) is 0 Å². The van der Waals surface area contributed by atoms with Crippen LogP contribution in [0.1, 0.15) is 49.8 Å². The molecule has 0 fully saturated rings. The van der Waals surface area contributed by atoms with E-state index in [0.29, 0.717) is 6.04 Å². The molecule has 0 aliphatic heterocycles. The molecule has 0 radical (unpaired) electrons. The second-order valence-electron chi connectivity index (χ2n) is 5.88. The molecule has 0 amide bonds. The molecule has 0 saturated carbocycles. The summed E-state index contributed by atoms with van der Waals surface area (Å²) in [6, 6.07) is 2.61. The number of hydrogen-bond acceptors (Lipinski definition) is 3. The number of nitrogens with one attached hydrogen (secondary N) is 1. The van der Waals surface area contributed by atoms with Crippen LogP contribution in [-0.4, -0.2) is 20.6 Å².